The minimum atomic E-state index is -0.702. The molecule has 3 atom stereocenters. The highest BCUT2D eigenvalue weighted by atomic mass is 32.1. The minimum absolute atomic E-state index is 0.109. The van der Waals surface area contributed by atoms with E-state index < -0.39 is 6.04 Å². The lowest BCUT2D eigenvalue weighted by Gasteiger charge is -2.22. The third-order valence-electron chi connectivity index (χ3n) is 5.51. The second-order valence-electron chi connectivity index (χ2n) is 8.30. The molecule has 0 radical (unpaired) electrons. The third-order valence-corrected chi connectivity index (χ3v) is 6.66. The van der Waals surface area contributed by atoms with Gasteiger partial charge in [-0.15, -0.1) is 11.3 Å². The Labute approximate surface area is 170 Å². The molecule has 28 heavy (non-hydrogen) atoms. The number of nitrogens with zero attached hydrogens (tertiary/aromatic N) is 3. The average Bonchev–Trinajstić information content (AvgIpc) is 2.97. The largest absolute Gasteiger partial charge is 0.461 e. The van der Waals surface area contributed by atoms with Gasteiger partial charge in [0.15, 0.2) is 0 Å². The van der Waals surface area contributed by atoms with Crippen molar-refractivity contribution in [2.45, 2.75) is 72.1 Å². The smallest absolute Gasteiger partial charge is 0.329 e. The van der Waals surface area contributed by atoms with E-state index in [0.29, 0.717) is 23.7 Å². The third kappa shape index (κ3) is 4.01. The molecule has 0 spiro atoms. The highest BCUT2D eigenvalue weighted by molar-refractivity contribution is 7.18. The molecule has 1 aliphatic rings. The van der Waals surface area contributed by atoms with E-state index in [1.54, 1.807) is 22.8 Å². The molecular weight excluding hydrogens is 374 g/mol. The maximum Gasteiger partial charge on any atom is 0.329 e. The SMILES string of the molecule is CCC(C)OC(=O)C(C)n1c(CN(C)C)nc2sc3c(c2c1=O)CCC(C)C3. The number of fused-ring (bicyclic) bond motifs is 3. The number of carbonyl (C=O) groups is 1. The first-order valence-electron chi connectivity index (χ1n) is 10.1. The molecule has 3 rings (SSSR count). The monoisotopic (exact) mass is 405 g/mol. The van der Waals surface area contributed by atoms with Crippen molar-refractivity contribution in [2.75, 3.05) is 14.1 Å². The van der Waals surface area contributed by atoms with Crippen LogP contribution in [0.5, 0.6) is 0 Å². The lowest BCUT2D eigenvalue weighted by Crippen LogP contribution is -2.35. The van der Waals surface area contributed by atoms with E-state index in [-0.39, 0.29) is 17.6 Å². The Morgan fingerprint density at radius 1 is 1.39 bits per heavy atom. The Bertz CT molecular complexity index is 931. The molecule has 1 aliphatic carbocycles. The van der Waals surface area contributed by atoms with Gasteiger partial charge in [-0.05, 0) is 65.1 Å². The van der Waals surface area contributed by atoms with Crippen molar-refractivity contribution in [1.29, 1.82) is 0 Å². The van der Waals surface area contributed by atoms with Crippen LogP contribution in [-0.2, 0) is 28.9 Å². The van der Waals surface area contributed by atoms with Crippen LogP contribution in [0.15, 0.2) is 4.79 Å². The molecule has 154 valence electrons. The quantitative estimate of drug-likeness (QED) is 0.688. The van der Waals surface area contributed by atoms with Gasteiger partial charge in [0.25, 0.3) is 5.56 Å². The van der Waals surface area contributed by atoms with Crippen LogP contribution in [0.4, 0.5) is 0 Å². The zero-order valence-corrected chi connectivity index (χ0v) is 18.6. The van der Waals surface area contributed by atoms with Crippen LogP contribution < -0.4 is 5.56 Å². The van der Waals surface area contributed by atoms with Crippen molar-refractivity contribution in [3.05, 3.63) is 26.6 Å². The first kappa shape index (κ1) is 21.0. The summed E-state index contributed by atoms with van der Waals surface area (Å²) in [4.78, 5) is 35.1. The van der Waals surface area contributed by atoms with Gasteiger partial charge >= 0.3 is 5.97 Å². The highest BCUT2D eigenvalue weighted by Gasteiger charge is 2.28. The number of thiophene rings is 1. The molecule has 0 bridgehead atoms. The number of esters is 1. The molecular formula is C21H31N3O3S. The van der Waals surface area contributed by atoms with Crippen LogP contribution in [0.3, 0.4) is 0 Å². The Kier molecular flexibility index (Phi) is 6.25. The summed E-state index contributed by atoms with van der Waals surface area (Å²) in [6, 6.07) is -0.702. The van der Waals surface area contributed by atoms with Crippen molar-refractivity contribution >= 4 is 27.5 Å². The van der Waals surface area contributed by atoms with Gasteiger partial charge in [-0.2, -0.15) is 0 Å². The zero-order chi connectivity index (χ0) is 20.6. The number of hydrogen-bond donors (Lipinski definition) is 0. The molecule has 0 aromatic carbocycles. The lowest BCUT2D eigenvalue weighted by molar-refractivity contribution is -0.152. The van der Waals surface area contributed by atoms with Gasteiger partial charge < -0.3 is 9.64 Å². The molecule has 2 aromatic heterocycles. The fourth-order valence-corrected chi connectivity index (χ4v) is 5.12. The summed E-state index contributed by atoms with van der Waals surface area (Å²) < 4.78 is 7.07. The first-order valence-corrected chi connectivity index (χ1v) is 10.9. The Morgan fingerprint density at radius 2 is 2.11 bits per heavy atom. The van der Waals surface area contributed by atoms with Gasteiger partial charge in [0.05, 0.1) is 18.0 Å². The number of rotatable bonds is 6. The fraction of sp³-hybridized carbons (Fsp3) is 0.667. The minimum Gasteiger partial charge on any atom is -0.461 e. The predicted octanol–water partition coefficient (Wildman–Crippen LogP) is 3.55. The van der Waals surface area contributed by atoms with E-state index >= 15 is 0 Å². The summed E-state index contributed by atoms with van der Waals surface area (Å²) >= 11 is 1.64. The van der Waals surface area contributed by atoms with Crippen molar-refractivity contribution in [2.24, 2.45) is 5.92 Å². The van der Waals surface area contributed by atoms with Crippen LogP contribution in [-0.4, -0.2) is 40.6 Å². The van der Waals surface area contributed by atoms with Gasteiger partial charge in [0.2, 0.25) is 0 Å². The van der Waals surface area contributed by atoms with E-state index in [4.69, 9.17) is 9.72 Å². The summed E-state index contributed by atoms with van der Waals surface area (Å²) in [6.07, 6.45) is 3.57. The van der Waals surface area contributed by atoms with Crippen LogP contribution >= 0.6 is 11.3 Å². The van der Waals surface area contributed by atoms with Crippen molar-refractivity contribution in [3.8, 4) is 0 Å². The molecule has 0 aliphatic heterocycles. The molecule has 3 unspecified atom stereocenters. The zero-order valence-electron chi connectivity index (χ0n) is 17.7. The van der Waals surface area contributed by atoms with Crippen LogP contribution in [0, 0.1) is 5.92 Å². The normalized spacial score (nSPS) is 18.9. The maximum atomic E-state index is 13.5. The molecule has 7 heteroatoms. The Hall–Kier alpha value is -1.73. The molecule has 2 aromatic rings. The average molecular weight is 406 g/mol. The Morgan fingerprint density at radius 3 is 2.75 bits per heavy atom. The predicted molar refractivity (Wildman–Crippen MR) is 113 cm³/mol. The summed E-state index contributed by atoms with van der Waals surface area (Å²) in [5.41, 5.74) is 1.03. The second-order valence-corrected chi connectivity index (χ2v) is 9.39. The molecule has 2 heterocycles. The van der Waals surface area contributed by atoms with Gasteiger partial charge in [-0.3, -0.25) is 9.36 Å². The molecule has 0 fully saturated rings. The van der Waals surface area contributed by atoms with E-state index in [1.165, 1.54) is 4.88 Å². The molecule has 0 saturated carbocycles. The number of carbonyl (C=O) groups excluding carboxylic acids is 1. The van der Waals surface area contributed by atoms with Crippen molar-refractivity contribution < 1.29 is 9.53 Å². The van der Waals surface area contributed by atoms with Gasteiger partial charge in [-0.25, -0.2) is 9.78 Å². The summed E-state index contributed by atoms with van der Waals surface area (Å²) in [5.74, 6) is 0.867. The highest BCUT2D eigenvalue weighted by Crippen LogP contribution is 2.36. The number of aryl methyl sites for hydroxylation is 1. The fourth-order valence-electron chi connectivity index (χ4n) is 3.72. The van der Waals surface area contributed by atoms with Crippen LogP contribution in [0.25, 0.3) is 10.2 Å². The summed E-state index contributed by atoms with van der Waals surface area (Å²) in [5, 5.41) is 0.706. The number of aromatic nitrogens is 2. The summed E-state index contributed by atoms with van der Waals surface area (Å²) in [7, 11) is 3.87. The second kappa shape index (κ2) is 8.33. The van der Waals surface area contributed by atoms with E-state index in [1.807, 2.05) is 32.8 Å². The first-order chi connectivity index (χ1) is 13.2. The standard InChI is InChI=1S/C21H31N3O3S/c1-7-13(3)27-21(26)14(4)24-17(11-23(5)6)22-19-18(20(24)25)15-9-8-12(2)10-16(15)28-19/h12-14H,7-11H2,1-6H3. The van der Waals surface area contributed by atoms with E-state index in [0.717, 1.165) is 36.1 Å². The van der Waals surface area contributed by atoms with Crippen LogP contribution in [0.1, 0.15) is 62.8 Å². The summed E-state index contributed by atoms with van der Waals surface area (Å²) in [6.45, 7) is 8.32. The van der Waals surface area contributed by atoms with Crippen molar-refractivity contribution in [1.82, 2.24) is 14.5 Å². The van der Waals surface area contributed by atoms with Gasteiger partial charge in [-0.1, -0.05) is 13.8 Å². The van der Waals surface area contributed by atoms with Gasteiger partial charge in [0.1, 0.15) is 16.7 Å². The Balaban J connectivity index is 2.14. The lowest BCUT2D eigenvalue weighted by atomic mass is 9.89. The number of hydrogen-bond acceptors (Lipinski definition) is 6. The molecule has 0 saturated heterocycles. The maximum absolute atomic E-state index is 13.5. The van der Waals surface area contributed by atoms with Crippen molar-refractivity contribution in [3.63, 3.8) is 0 Å². The molecule has 0 N–H and O–H groups in total. The van der Waals surface area contributed by atoms with E-state index in [2.05, 4.69) is 6.92 Å². The van der Waals surface area contributed by atoms with Crippen LogP contribution in [0.2, 0.25) is 0 Å². The molecule has 0 amide bonds. The topological polar surface area (TPSA) is 64.4 Å². The van der Waals surface area contributed by atoms with Gasteiger partial charge in [0, 0.05) is 4.88 Å². The number of ether oxygens (including phenoxy) is 1. The van der Waals surface area contributed by atoms with E-state index in [9.17, 15) is 9.59 Å². The molecule has 6 nitrogen and oxygen atoms in total.